The Bertz CT molecular complexity index is 686. The molecule has 0 bridgehead atoms. The molecule has 2 rings (SSSR count). The van der Waals surface area contributed by atoms with Crippen LogP contribution in [0.3, 0.4) is 0 Å². The molecule has 11 heteroatoms. The largest absolute Gasteiger partial charge is 0.478 e. The zero-order valence-corrected chi connectivity index (χ0v) is 11.2. The normalized spacial score (nSPS) is 11.6. The van der Waals surface area contributed by atoms with E-state index in [0.29, 0.717) is 6.07 Å². The number of aromatic carboxylic acids is 1. The predicted molar refractivity (Wildman–Crippen MR) is 63.5 cm³/mol. The molecule has 0 aromatic carbocycles. The lowest BCUT2D eigenvalue weighted by Gasteiger charge is -2.10. The third kappa shape index (κ3) is 3.75. The number of hydrogen-bond donors (Lipinski definition) is 1. The highest BCUT2D eigenvalue weighted by Gasteiger charge is 2.33. The van der Waals surface area contributed by atoms with Crippen LogP contribution in [0.25, 0.3) is 0 Å². The number of halogens is 3. The molecule has 118 valence electrons. The van der Waals surface area contributed by atoms with Crippen LogP contribution in [0.15, 0.2) is 12.1 Å². The fraction of sp³-hybridized carbons (Fsp3) is 0.364. The van der Waals surface area contributed by atoms with Gasteiger partial charge in [0.2, 0.25) is 0 Å². The maximum absolute atomic E-state index is 12.6. The lowest BCUT2D eigenvalue weighted by atomic mass is 10.1. The summed E-state index contributed by atoms with van der Waals surface area (Å²) in [5.74, 6) is -1.18. The third-order valence-electron chi connectivity index (χ3n) is 2.51. The number of nitrogens with zero attached hydrogens (tertiary/aromatic N) is 5. The van der Waals surface area contributed by atoms with Crippen molar-refractivity contribution in [3.63, 3.8) is 0 Å². The highest BCUT2D eigenvalue weighted by atomic mass is 19.4. The fourth-order valence-electron chi connectivity index (χ4n) is 1.58. The van der Waals surface area contributed by atoms with Crippen LogP contribution >= 0.6 is 0 Å². The maximum Gasteiger partial charge on any atom is 0.433 e. The van der Waals surface area contributed by atoms with Gasteiger partial charge in [-0.25, -0.2) is 9.78 Å². The van der Waals surface area contributed by atoms with Crippen molar-refractivity contribution in [3.8, 4) is 0 Å². The van der Waals surface area contributed by atoms with Crippen LogP contribution < -0.4 is 0 Å². The third-order valence-corrected chi connectivity index (χ3v) is 2.51. The van der Waals surface area contributed by atoms with Crippen LogP contribution in [0.2, 0.25) is 0 Å². The number of alkyl halides is 3. The van der Waals surface area contributed by atoms with Crippen molar-refractivity contribution in [2.45, 2.75) is 19.4 Å². The molecule has 2 aromatic rings. The molecule has 0 saturated carbocycles. The Morgan fingerprint density at radius 3 is 2.64 bits per heavy atom. The van der Waals surface area contributed by atoms with E-state index >= 15 is 0 Å². The Kier molecular flexibility index (Phi) is 4.35. The molecule has 0 fully saturated rings. The van der Waals surface area contributed by atoms with E-state index in [1.54, 1.807) is 0 Å². The van der Waals surface area contributed by atoms with Crippen LogP contribution in [0.1, 0.15) is 27.6 Å². The molecule has 0 saturated heterocycles. The lowest BCUT2D eigenvalue weighted by molar-refractivity contribution is -0.141. The second-order valence-corrected chi connectivity index (χ2v) is 4.18. The van der Waals surface area contributed by atoms with Gasteiger partial charge in [-0.05, 0) is 17.3 Å². The van der Waals surface area contributed by atoms with Crippen molar-refractivity contribution >= 4 is 5.97 Å². The molecular weight excluding hydrogens is 307 g/mol. The quantitative estimate of drug-likeness (QED) is 0.878. The van der Waals surface area contributed by atoms with Gasteiger partial charge in [0.05, 0.1) is 24.9 Å². The number of tetrazole rings is 1. The summed E-state index contributed by atoms with van der Waals surface area (Å²) >= 11 is 0. The lowest BCUT2D eigenvalue weighted by Crippen LogP contribution is -2.14. The highest BCUT2D eigenvalue weighted by Crippen LogP contribution is 2.28. The van der Waals surface area contributed by atoms with Gasteiger partial charge in [0.25, 0.3) is 0 Å². The number of carboxylic acids is 1. The summed E-state index contributed by atoms with van der Waals surface area (Å²) in [5.41, 5.74) is -1.87. The van der Waals surface area contributed by atoms with E-state index in [0.717, 1.165) is 6.07 Å². The van der Waals surface area contributed by atoms with Gasteiger partial charge in [0.1, 0.15) is 12.3 Å². The molecule has 0 unspecified atom stereocenters. The standard InChI is InChI=1S/C11H10F3N5O3/c1-19-17-9(16-18-19)5-22-4-7-6(10(20)21)2-3-8(15-7)11(12,13)14/h2-3H,4-5H2,1H3,(H,20,21). The minimum absolute atomic E-state index is 0.134. The first-order chi connectivity index (χ1) is 10.3. The number of aryl methyl sites for hydroxylation is 1. The minimum Gasteiger partial charge on any atom is -0.478 e. The summed E-state index contributed by atoms with van der Waals surface area (Å²) in [6, 6.07) is 1.45. The minimum atomic E-state index is -4.67. The Balaban J connectivity index is 2.14. The Morgan fingerprint density at radius 1 is 1.36 bits per heavy atom. The zero-order chi connectivity index (χ0) is 16.3. The molecule has 0 aliphatic heterocycles. The SMILES string of the molecule is Cn1nnc(COCc2nc(C(F)(F)F)ccc2C(=O)O)n1. The molecule has 2 aromatic heterocycles. The average Bonchev–Trinajstić information content (AvgIpc) is 2.83. The zero-order valence-electron chi connectivity index (χ0n) is 11.2. The van der Waals surface area contributed by atoms with E-state index in [9.17, 15) is 18.0 Å². The van der Waals surface area contributed by atoms with Crippen LogP contribution in [0, 0.1) is 0 Å². The first kappa shape index (κ1) is 15.8. The van der Waals surface area contributed by atoms with E-state index < -0.39 is 24.4 Å². The smallest absolute Gasteiger partial charge is 0.433 e. The van der Waals surface area contributed by atoms with E-state index in [1.165, 1.54) is 11.8 Å². The summed E-state index contributed by atoms with van der Waals surface area (Å²) in [7, 11) is 1.54. The predicted octanol–water partition coefficient (Wildman–Crippen LogP) is 1.04. The molecule has 0 aliphatic rings. The monoisotopic (exact) mass is 317 g/mol. The topological polar surface area (TPSA) is 103 Å². The molecule has 0 spiro atoms. The Labute approximate surface area is 121 Å². The number of hydrogen-bond acceptors (Lipinski definition) is 6. The Morgan fingerprint density at radius 2 is 2.09 bits per heavy atom. The number of carbonyl (C=O) groups is 1. The van der Waals surface area contributed by atoms with E-state index in [4.69, 9.17) is 9.84 Å². The van der Waals surface area contributed by atoms with Gasteiger partial charge in [0, 0.05) is 0 Å². The summed E-state index contributed by atoms with van der Waals surface area (Å²) in [6.07, 6.45) is -4.67. The second-order valence-electron chi connectivity index (χ2n) is 4.18. The van der Waals surface area contributed by atoms with Gasteiger partial charge in [-0.3, -0.25) is 0 Å². The molecule has 0 atom stereocenters. The van der Waals surface area contributed by atoms with Gasteiger partial charge in [-0.1, -0.05) is 0 Å². The molecule has 0 radical (unpaired) electrons. The summed E-state index contributed by atoms with van der Waals surface area (Å²) in [6.45, 7) is -0.561. The van der Waals surface area contributed by atoms with Crippen LogP contribution in [-0.2, 0) is 31.2 Å². The number of pyridine rings is 1. The van der Waals surface area contributed by atoms with Gasteiger partial charge in [-0.2, -0.15) is 18.0 Å². The van der Waals surface area contributed by atoms with Gasteiger partial charge in [-0.15, -0.1) is 10.2 Å². The van der Waals surface area contributed by atoms with E-state index in [2.05, 4.69) is 20.4 Å². The van der Waals surface area contributed by atoms with Crippen molar-refractivity contribution in [1.82, 2.24) is 25.2 Å². The van der Waals surface area contributed by atoms with Crippen molar-refractivity contribution < 1.29 is 27.8 Å². The molecule has 1 N–H and O–H groups in total. The number of rotatable bonds is 5. The van der Waals surface area contributed by atoms with Gasteiger partial charge in [0.15, 0.2) is 5.82 Å². The average molecular weight is 317 g/mol. The van der Waals surface area contributed by atoms with Crippen molar-refractivity contribution in [1.29, 1.82) is 0 Å². The highest BCUT2D eigenvalue weighted by molar-refractivity contribution is 5.88. The van der Waals surface area contributed by atoms with Crippen molar-refractivity contribution in [3.05, 3.63) is 34.9 Å². The first-order valence-electron chi connectivity index (χ1n) is 5.88. The molecule has 8 nitrogen and oxygen atoms in total. The number of ether oxygens (including phenoxy) is 1. The van der Waals surface area contributed by atoms with Crippen LogP contribution in [0.4, 0.5) is 13.2 Å². The molecular formula is C11H10F3N5O3. The van der Waals surface area contributed by atoms with Gasteiger partial charge < -0.3 is 9.84 Å². The van der Waals surface area contributed by atoms with Crippen LogP contribution in [-0.4, -0.2) is 36.3 Å². The molecule has 0 aliphatic carbocycles. The number of carboxylic acid groups (broad SMARTS) is 1. The van der Waals surface area contributed by atoms with Crippen molar-refractivity contribution in [2.24, 2.45) is 7.05 Å². The Hall–Kier alpha value is -2.56. The molecule has 0 amide bonds. The summed E-state index contributed by atoms with van der Waals surface area (Å²) in [4.78, 5) is 15.5. The fourth-order valence-corrected chi connectivity index (χ4v) is 1.58. The maximum atomic E-state index is 12.6. The summed E-state index contributed by atoms with van der Waals surface area (Å²) in [5, 5.41) is 19.9. The van der Waals surface area contributed by atoms with Gasteiger partial charge >= 0.3 is 12.1 Å². The number of aromatic nitrogens is 5. The van der Waals surface area contributed by atoms with E-state index in [-0.39, 0.29) is 23.7 Å². The second kappa shape index (κ2) is 6.05. The first-order valence-corrected chi connectivity index (χ1v) is 5.88. The van der Waals surface area contributed by atoms with Crippen molar-refractivity contribution in [2.75, 3.05) is 0 Å². The van der Waals surface area contributed by atoms with Crippen LogP contribution in [0.5, 0.6) is 0 Å². The molecule has 22 heavy (non-hydrogen) atoms. The van der Waals surface area contributed by atoms with E-state index in [1.807, 2.05) is 0 Å². The molecule has 2 heterocycles. The summed E-state index contributed by atoms with van der Waals surface area (Å²) < 4.78 is 42.9.